The Hall–Kier alpha value is -4.96. The maximum absolute atomic E-state index is 14.1. The predicted octanol–water partition coefficient (Wildman–Crippen LogP) is 9.15. The molecule has 1 atom stereocenters. The van der Waals surface area contributed by atoms with Gasteiger partial charge in [0.1, 0.15) is 0 Å². The van der Waals surface area contributed by atoms with Gasteiger partial charge in [-0.2, -0.15) is 0 Å². The fourth-order valence-corrected chi connectivity index (χ4v) is 6.28. The number of carbonyl (C=O) groups is 2. The highest BCUT2D eigenvalue weighted by Gasteiger charge is 2.39. The third-order valence-corrected chi connectivity index (χ3v) is 8.35. The van der Waals surface area contributed by atoms with E-state index in [1.165, 1.54) is 10.5 Å². The molecule has 5 aromatic carbocycles. The van der Waals surface area contributed by atoms with E-state index < -0.39 is 0 Å². The summed E-state index contributed by atoms with van der Waals surface area (Å²) in [7, 11) is 0. The first-order valence-corrected chi connectivity index (χ1v) is 14.3. The fourth-order valence-electron chi connectivity index (χ4n) is 6.28. The number of amides is 2. The summed E-state index contributed by atoms with van der Waals surface area (Å²) in [6.45, 7) is 4.48. The smallest absolute Gasteiger partial charge is 0.268 e. The molecule has 0 N–H and O–H groups in total. The van der Waals surface area contributed by atoms with Gasteiger partial charge < -0.3 is 4.57 Å². The Labute approximate surface area is 239 Å². The van der Waals surface area contributed by atoms with Crippen LogP contribution in [0.15, 0.2) is 115 Å². The molecule has 2 heterocycles. The first-order chi connectivity index (χ1) is 20.1. The van der Waals surface area contributed by atoms with Crippen molar-refractivity contribution in [2.24, 2.45) is 0 Å². The van der Waals surface area contributed by atoms with Crippen LogP contribution < -0.4 is 4.90 Å². The summed E-state index contributed by atoms with van der Waals surface area (Å²) in [5.41, 5.74) is 7.63. The Morgan fingerprint density at radius 3 is 2.15 bits per heavy atom. The largest absolute Gasteiger partial charge is 0.308 e. The summed E-state index contributed by atoms with van der Waals surface area (Å²) in [6, 6.07) is 38.3. The molecule has 0 saturated carbocycles. The number of hydrogen-bond acceptors (Lipinski definition) is 2. The van der Waals surface area contributed by atoms with Crippen molar-refractivity contribution >= 4 is 39.3 Å². The Balaban J connectivity index is 1.37. The van der Waals surface area contributed by atoms with Gasteiger partial charge in [-0.05, 0) is 65.4 Å². The topological polar surface area (TPSA) is 42.3 Å². The van der Waals surface area contributed by atoms with Gasteiger partial charge in [-0.25, -0.2) is 4.90 Å². The van der Waals surface area contributed by atoms with Gasteiger partial charge in [-0.3, -0.25) is 9.59 Å². The molecule has 0 aliphatic carbocycles. The molecule has 7 rings (SSSR count). The number of anilines is 1. The molecule has 0 fully saturated rings. The molecule has 1 aromatic heterocycles. The average molecular weight is 535 g/mol. The van der Waals surface area contributed by atoms with Gasteiger partial charge in [0.25, 0.3) is 11.8 Å². The van der Waals surface area contributed by atoms with Crippen LogP contribution in [0.2, 0.25) is 0 Å². The van der Waals surface area contributed by atoms with E-state index >= 15 is 0 Å². The molecule has 4 nitrogen and oxygen atoms in total. The number of carbonyl (C=O) groups excluding carboxylic acids is 2. The Kier molecular flexibility index (Phi) is 6.05. The maximum Gasteiger partial charge on any atom is 0.268 e. The average Bonchev–Trinajstić information content (AvgIpc) is 3.48. The van der Waals surface area contributed by atoms with Gasteiger partial charge in [-0.1, -0.05) is 99.1 Å². The van der Waals surface area contributed by atoms with E-state index in [2.05, 4.69) is 48.7 Å². The monoisotopic (exact) mass is 534 g/mol. The van der Waals surface area contributed by atoms with Crippen LogP contribution in [0.5, 0.6) is 0 Å². The first kappa shape index (κ1) is 25.0. The van der Waals surface area contributed by atoms with Crippen molar-refractivity contribution in [2.75, 3.05) is 4.90 Å². The van der Waals surface area contributed by atoms with Crippen LogP contribution in [-0.2, 0) is 0 Å². The van der Waals surface area contributed by atoms with Crippen molar-refractivity contribution in [3.63, 3.8) is 0 Å². The lowest BCUT2D eigenvalue weighted by Crippen LogP contribution is -2.29. The van der Waals surface area contributed by atoms with E-state index in [4.69, 9.17) is 0 Å². The SMILES string of the molecule is CCCC(C)c1ccc2c3ccccc3n(-c3cccc4c3C(=O)N(c3ccc(-c5ccccc5)cc3)C4=O)c2c1. The lowest BCUT2D eigenvalue weighted by Gasteiger charge is -2.16. The Bertz CT molecular complexity index is 1950. The van der Waals surface area contributed by atoms with Gasteiger partial charge in [0.15, 0.2) is 0 Å². The summed E-state index contributed by atoms with van der Waals surface area (Å²) in [6.07, 6.45) is 2.23. The summed E-state index contributed by atoms with van der Waals surface area (Å²) in [5.74, 6) is -0.165. The zero-order chi connectivity index (χ0) is 28.1. The van der Waals surface area contributed by atoms with Crippen LogP contribution in [0.25, 0.3) is 38.6 Å². The van der Waals surface area contributed by atoms with Gasteiger partial charge in [-0.15, -0.1) is 0 Å². The van der Waals surface area contributed by atoms with Crippen LogP contribution in [0.4, 0.5) is 5.69 Å². The molecule has 6 aromatic rings. The van der Waals surface area contributed by atoms with Gasteiger partial charge >= 0.3 is 0 Å². The third kappa shape index (κ3) is 3.98. The fraction of sp³-hybridized carbons (Fsp3) is 0.135. The minimum atomic E-state index is -0.297. The maximum atomic E-state index is 14.1. The molecular formula is C37H30N2O2. The molecular weight excluding hydrogens is 504 g/mol. The van der Waals surface area contributed by atoms with Crippen molar-refractivity contribution in [1.82, 2.24) is 4.57 Å². The van der Waals surface area contributed by atoms with Gasteiger partial charge in [0.05, 0.1) is 33.5 Å². The summed E-state index contributed by atoms with van der Waals surface area (Å²) in [5, 5.41) is 2.26. The summed E-state index contributed by atoms with van der Waals surface area (Å²) < 4.78 is 2.17. The van der Waals surface area contributed by atoms with Crippen LogP contribution in [0, 0.1) is 0 Å². The van der Waals surface area contributed by atoms with E-state index in [0.717, 1.165) is 51.5 Å². The minimum absolute atomic E-state index is 0.294. The number of rotatable bonds is 6. The molecule has 1 aliphatic heterocycles. The van der Waals surface area contributed by atoms with Crippen molar-refractivity contribution < 1.29 is 9.59 Å². The van der Waals surface area contributed by atoms with Gasteiger partial charge in [0, 0.05) is 10.8 Å². The molecule has 200 valence electrons. The van der Waals surface area contributed by atoms with E-state index in [1.807, 2.05) is 78.9 Å². The Morgan fingerprint density at radius 2 is 1.37 bits per heavy atom. The highest BCUT2D eigenvalue weighted by molar-refractivity contribution is 6.35. The zero-order valence-electron chi connectivity index (χ0n) is 23.2. The molecule has 2 amide bonds. The van der Waals surface area contributed by atoms with Crippen LogP contribution in [0.3, 0.4) is 0 Å². The number of para-hydroxylation sites is 1. The number of nitrogens with zero attached hydrogens (tertiary/aromatic N) is 2. The number of fused-ring (bicyclic) bond motifs is 4. The normalized spacial score (nSPS) is 13.8. The molecule has 0 radical (unpaired) electrons. The van der Waals surface area contributed by atoms with Crippen LogP contribution in [0.1, 0.15) is 58.9 Å². The summed E-state index contributed by atoms with van der Waals surface area (Å²) in [4.78, 5) is 29.1. The molecule has 41 heavy (non-hydrogen) atoms. The molecule has 0 saturated heterocycles. The van der Waals surface area contributed by atoms with Crippen molar-refractivity contribution in [3.8, 4) is 16.8 Å². The molecule has 0 bridgehead atoms. The number of benzene rings is 5. The number of aromatic nitrogens is 1. The lowest BCUT2D eigenvalue weighted by molar-refractivity contribution is 0.0926. The highest BCUT2D eigenvalue weighted by Crippen LogP contribution is 2.39. The first-order valence-electron chi connectivity index (χ1n) is 14.3. The van der Waals surface area contributed by atoms with Crippen molar-refractivity contribution in [2.45, 2.75) is 32.6 Å². The predicted molar refractivity (Wildman–Crippen MR) is 167 cm³/mol. The zero-order valence-corrected chi connectivity index (χ0v) is 23.2. The van der Waals surface area contributed by atoms with E-state index in [-0.39, 0.29) is 11.8 Å². The second kappa shape index (κ2) is 9.90. The minimum Gasteiger partial charge on any atom is -0.308 e. The third-order valence-electron chi connectivity index (χ3n) is 8.35. The molecule has 0 spiro atoms. The molecule has 1 unspecified atom stereocenters. The number of imide groups is 1. The van der Waals surface area contributed by atoms with E-state index in [1.54, 1.807) is 6.07 Å². The van der Waals surface area contributed by atoms with E-state index in [9.17, 15) is 9.59 Å². The Morgan fingerprint density at radius 1 is 0.659 bits per heavy atom. The standard InChI is InChI=1S/C37H30N2O2/c1-3-10-24(2)27-19-22-30-29-13-7-8-15-32(29)39(34(30)23-27)33-16-9-14-31-35(33)37(41)38(36(31)40)28-20-17-26(18-21-28)25-11-5-4-6-12-25/h4-9,11-24H,3,10H2,1-2H3. The highest BCUT2D eigenvalue weighted by atomic mass is 16.2. The summed E-state index contributed by atoms with van der Waals surface area (Å²) >= 11 is 0. The molecule has 4 heteroatoms. The quantitative estimate of drug-likeness (QED) is 0.200. The second-order valence-electron chi connectivity index (χ2n) is 10.9. The van der Waals surface area contributed by atoms with E-state index in [0.29, 0.717) is 22.7 Å². The number of hydrogen-bond donors (Lipinski definition) is 0. The van der Waals surface area contributed by atoms with Crippen molar-refractivity contribution in [1.29, 1.82) is 0 Å². The van der Waals surface area contributed by atoms with Gasteiger partial charge in [0.2, 0.25) is 0 Å². The molecule has 1 aliphatic rings. The lowest BCUT2D eigenvalue weighted by atomic mass is 9.95. The second-order valence-corrected chi connectivity index (χ2v) is 10.9. The van der Waals surface area contributed by atoms with Crippen LogP contribution >= 0.6 is 0 Å². The van der Waals surface area contributed by atoms with Crippen LogP contribution in [-0.4, -0.2) is 16.4 Å². The van der Waals surface area contributed by atoms with Crippen molar-refractivity contribution in [3.05, 3.63) is 132 Å².